The molecule has 8 heteroatoms. The zero-order chi connectivity index (χ0) is 23.9. The van der Waals surface area contributed by atoms with E-state index in [0.29, 0.717) is 11.1 Å². The summed E-state index contributed by atoms with van der Waals surface area (Å²) >= 11 is 1.33. The van der Waals surface area contributed by atoms with Crippen LogP contribution in [0.4, 0.5) is 5.69 Å². The topological polar surface area (TPSA) is 65.7 Å². The van der Waals surface area contributed by atoms with Gasteiger partial charge in [-0.2, -0.15) is 0 Å². The molecule has 1 aliphatic heterocycles. The van der Waals surface area contributed by atoms with Gasteiger partial charge in [0.15, 0.2) is 0 Å². The van der Waals surface area contributed by atoms with Gasteiger partial charge in [-0.25, -0.2) is 0 Å². The summed E-state index contributed by atoms with van der Waals surface area (Å²) in [6.07, 6.45) is 0. The first-order valence-corrected chi connectivity index (χ1v) is 12.9. The van der Waals surface area contributed by atoms with Gasteiger partial charge in [-0.15, -0.1) is 10.2 Å². The minimum Gasteiger partial charge on any atom is -0.411 e. The third kappa shape index (κ3) is 5.98. The number of thioether (sulfide) groups is 1. The summed E-state index contributed by atoms with van der Waals surface area (Å²) in [6.45, 7) is 12.3. The molecule has 2 aromatic carbocycles. The van der Waals surface area contributed by atoms with Gasteiger partial charge in [0.1, 0.15) is 0 Å². The van der Waals surface area contributed by atoms with E-state index in [1.165, 1.54) is 23.0 Å². The number of rotatable bonds is 9. The Morgan fingerprint density at radius 3 is 2.32 bits per heavy atom. The van der Waals surface area contributed by atoms with E-state index in [-0.39, 0.29) is 11.2 Å². The van der Waals surface area contributed by atoms with Crippen molar-refractivity contribution in [2.75, 3.05) is 44.2 Å². The van der Waals surface area contributed by atoms with Crippen LogP contribution in [0.1, 0.15) is 26.3 Å². The zero-order valence-electron chi connectivity index (χ0n) is 20.2. The van der Waals surface area contributed by atoms with Crippen molar-refractivity contribution in [3.63, 3.8) is 0 Å². The summed E-state index contributed by atoms with van der Waals surface area (Å²) in [5.41, 5.74) is 3.36. The van der Waals surface area contributed by atoms with Gasteiger partial charge in [-0.3, -0.25) is 9.69 Å². The summed E-state index contributed by atoms with van der Waals surface area (Å²) in [4.78, 5) is 19.6. The second-order valence-corrected chi connectivity index (χ2v) is 9.73. The van der Waals surface area contributed by atoms with E-state index in [1.54, 1.807) is 0 Å². The van der Waals surface area contributed by atoms with Crippen molar-refractivity contribution < 1.29 is 9.21 Å². The Morgan fingerprint density at radius 2 is 1.68 bits per heavy atom. The number of carbonyl (C=O) groups is 1. The molecule has 0 bridgehead atoms. The molecule has 0 radical (unpaired) electrons. The molecular weight excluding hydrogens is 446 g/mol. The van der Waals surface area contributed by atoms with Crippen LogP contribution >= 0.6 is 11.8 Å². The second-order valence-electron chi connectivity index (χ2n) is 8.44. The normalized spacial score (nSPS) is 15.3. The van der Waals surface area contributed by atoms with Crippen molar-refractivity contribution in [1.29, 1.82) is 0 Å². The van der Waals surface area contributed by atoms with E-state index in [2.05, 4.69) is 70.2 Å². The molecule has 180 valence electrons. The Balaban J connectivity index is 1.29. The Labute approximate surface area is 206 Å². The molecule has 34 heavy (non-hydrogen) atoms. The molecule has 4 rings (SSSR count). The summed E-state index contributed by atoms with van der Waals surface area (Å²) < 4.78 is 5.86. The quantitative estimate of drug-likeness (QED) is 0.421. The molecule has 0 aliphatic carbocycles. The van der Waals surface area contributed by atoms with E-state index >= 15 is 0 Å². The van der Waals surface area contributed by atoms with Crippen LogP contribution in [0.15, 0.2) is 64.2 Å². The lowest BCUT2D eigenvalue weighted by molar-refractivity contribution is -0.132. The van der Waals surface area contributed by atoms with Gasteiger partial charge >= 0.3 is 0 Å². The van der Waals surface area contributed by atoms with E-state index in [0.717, 1.165) is 51.4 Å². The smallest absolute Gasteiger partial charge is 0.277 e. The molecule has 1 fully saturated rings. The van der Waals surface area contributed by atoms with Crippen LogP contribution in [0, 0.1) is 0 Å². The summed E-state index contributed by atoms with van der Waals surface area (Å²) in [5.74, 6) is 0.593. The van der Waals surface area contributed by atoms with Gasteiger partial charge in [0, 0.05) is 57.1 Å². The summed E-state index contributed by atoms with van der Waals surface area (Å²) in [6, 6.07) is 18.6. The first-order chi connectivity index (χ1) is 16.6. The predicted molar refractivity (Wildman–Crippen MR) is 137 cm³/mol. The van der Waals surface area contributed by atoms with Crippen LogP contribution in [0.5, 0.6) is 0 Å². The van der Waals surface area contributed by atoms with E-state index in [9.17, 15) is 4.79 Å². The number of anilines is 1. The van der Waals surface area contributed by atoms with E-state index < -0.39 is 0 Å². The first kappa shape index (κ1) is 24.3. The Morgan fingerprint density at radius 1 is 1.00 bits per heavy atom. The number of carbonyl (C=O) groups excluding carboxylic acids is 1. The largest absolute Gasteiger partial charge is 0.411 e. The summed E-state index contributed by atoms with van der Waals surface area (Å²) in [7, 11) is 0. The lowest BCUT2D eigenvalue weighted by Crippen LogP contribution is -2.50. The van der Waals surface area contributed by atoms with Gasteiger partial charge in [0.2, 0.25) is 11.8 Å². The first-order valence-electron chi connectivity index (χ1n) is 12.0. The summed E-state index contributed by atoms with van der Waals surface area (Å²) in [5, 5.41) is 8.50. The average molecular weight is 480 g/mol. The molecule has 1 amide bonds. The lowest BCUT2D eigenvalue weighted by atomic mass is 10.2. The maximum absolute atomic E-state index is 13.0. The molecule has 1 aromatic heterocycles. The second kappa shape index (κ2) is 11.5. The van der Waals surface area contributed by atoms with Crippen molar-refractivity contribution in [3.8, 4) is 11.5 Å². The van der Waals surface area contributed by atoms with Crippen molar-refractivity contribution >= 4 is 23.4 Å². The number of amides is 1. The maximum atomic E-state index is 13.0. The van der Waals surface area contributed by atoms with Gasteiger partial charge in [-0.1, -0.05) is 42.1 Å². The Bertz CT molecular complexity index is 1040. The molecule has 0 saturated carbocycles. The number of hydrogen-bond donors (Lipinski definition) is 0. The maximum Gasteiger partial charge on any atom is 0.277 e. The van der Waals surface area contributed by atoms with Crippen molar-refractivity contribution in [2.45, 2.75) is 37.8 Å². The number of benzene rings is 2. The van der Waals surface area contributed by atoms with E-state index in [4.69, 9.17) is 4.42 Å². The fourth-order valence-electron chi connectivity index (χ4n) is 4.20. The van der Waals surface area contributed by atoms with Crippen LogP contribution < -0.4 is 4.90 Å². The highest BCUT2D eigenvalue weighted by molar-refractivity contribution is 8.00. The predicted octanol–water partition coefficient (Wildman–Crippen LogP) is 4.41. The Hall–Kier alpha value is -2.84. The fraction of sp³-hybridized carbons (Fsp3) is 0.423. The molecule has 3 aromatic rings. The van der Waals surface area contributed by atoms with Gasteiger partial charge in [0.05, 0.1) is 5.25 Å². The number of nitrogens with zero attached hydrogens (tertiary/aromatic N) is 5. The van der Waals surface area contributed by atoms with E-state index in [1.807, 2.05) is 30.0 Å². The number of piperazine rings is 1. The minimum atomic E-state index is -0.279. The molecule has 1 aliphatic rings. The highest BCUT2D eigenvalue weighted by Gasteiger charge is 2.27. The third-order valence-electron chi connectivity index (χ3n) is 6.21. The van der Waals surface area contributed by atoms with Crippen LogP contribution in [0.25, 0.3) is 11.5 Å². The van der Waals surface area contributed by atoms with Crippen molar-refractivity contribution in [2.24, 2.45) is 0 Å². The van der Waals surface area contributed by atoms with Crippen LogP contribution in [-0.2, 0) is 11.3 Å². The SMILES string of the molecule is CCN(CC)c1ccc(-c2nnc(S[C@@H](C)C(=O)N3CCN(Cc4ccccc4)CC3)o2)cc1. The van der Waals surface area contributed by atoms with Crippen molar-refractivity contribution in [3.05, 3.63) is 60.2 Å². The lowest BCUT2D eigenvalue weighted by Gasteiger charge is -2.35. The molecule has 0 N–H and O–H groups in total. The van der Waals surface area contributed by atoms with Crippen LogP contribution in [0.2, 0.25) is 0 Å². The van der Waals surface area contributed by atoms with Gasteiger partial charge in [0.25, 0.3) is 5.22 Å². The molecule has 0 unspecified atom stereocenters. The zero-order valence-corrected chi connectivity index (χ0v) is 21.0. The molecule has 0 spiro atoms. The van der Waals surface area contributed by atoms with Gasteiger partial charge < -0.3 is 14.2 Å². The highest BCUT2D eigenvalue weighted by atomic mass is 32.2. The minimum absolute atomic E-state index is 0.118. The van der Waals surface area contributed by atoms with Crippen molar-refractivity contribution in [1.82, 2.24) is 20.0 Å². The Kier molecular flexibility index (Phi) is 8.24. The van der Waals surface area contributed by atoms with Crippen LogP contribution in [0.3, 0.4) is 0 Å². The fourth-order valence-corrected chi connectivity index (χ4v) is 4.97. The molecule has 2 heterocycles. The number of aromatic nitrogens is 2. The molecule has 1 atom stereocenters. The van der Waals surface area contributed by atoms with Gasteiger partial charge in [-0.05, 0) is 50.6 Å². The average Bonchev–Trinajstić information content (AvgIpc) is 3.34. The van der Waals surface area contributed by atoms with Crippen LogP contribution in [-0.4, -0.2) is 70.4 Å². The highest BCUT2D eigenvalue weighted by Crippen LogP contribution is 2.28. The molecule has 1 saturated heterocycles. The third-order valence-corrected chi connectivity index (χ3v) is 7.13. The monoisotopic (exact) mass is 479 g/mol. The molecular formula is C26H33N5O2S. The standard InChI is InChI=1S/C26H33N5O2S/c1-4-30(5-2)23-13-11-22(12-14-23)24-27-28-26(33-24)34-20(3)25(32)31-17-15-29(16-18-31)19-21-9-7-6-8-10-21/h6-14,20H,4-5,15-19H2,1-3H3/t20-/m0/s1. The molecule has 7 nitrogen and oxygen atoms in total. The number of hydrogen-bond acceptors (Lipinski definition) is 7.